The van der Waals surface area contributed by atoms with Crippen molar-refractivity contribution >= 4 is 16.0 Å². The molecule has 0 fully saturated rings. The van der Waals surface area contributed by atoms with Gasteiger partial charge in [-0.3, -0.25) is 0 Å². The zero-order chi connectivity index (χ0) is 19.2. The van der Waals surface area contributed by atoms with Crippen molar-refractivity contribution in [2.75, 3.05) is 13.1 Å². The zero-order valence-corrected chi connectivity index (χ0v) is 15.5. The van der Waals surface area contributed by atoms with E-state index in [1.54, 1.807) is 38.1 Å². The van der Waals surface area contributed by atoms with Gasteiger partial charge in [0.25, 0.3) is 0 Å². The third kappa shape index (κ3) is 4.48. The second kappa shape index (κ2) is 8.61. The molecule has 136 valence electrons. The van der Waals surface area contributed by atoms with E-state index < -0.39 is 16.0 Å². The Balaban J connectivity index is 2.13. The van der Waals surface area contributed by atoms with Gasteiger partial charge in [-0.25, -0.2) is 13.2 Å². The maximum absolute atomic E-state index is 12.6. The van der Waals surface area contributed by atoms with Gasteiger partial charge >= 0.3 is 5.97 Å². The maximum Gasteiger partial charge on any atom is 0.338 e. The smallest absolute Gasteiger partial charge is 0.338 e. The molecule has 2 aromatic rings. The second-order valence-corrected chi connectivity index (χ2v) is 7.44. The van der Waals surface area contributed by atoms with Crippen LogP contribution in [0, 0.1) is 11.3 Å². The summed E-state index contributed by atoms with van der Waals surface area (Å²) in [4.78, 5) is 12.3. The van der Waals surface area contributed by atoms with Crippen molar-refractivity contribution in [1.82, 2.24) is 4.31 Å². The Hall–Kier alpha value is -2.69. The first-order valence-corrected chi connectivity index (χ1v) is 9.62. The third-order valence-electron chi connectivity index (χ3n) is 3.87. The molecule has 0 amide bonds. The summed E-state index contributed by atoms with van der Waals surface area (Å²) >= 11 is 0. The van der Waals surface area contributed by atoms with Gasteiger partial charge in [-0.1, -0.05) is 32.0 Å². The van der Waals surface area contributed by atoms with Crippen molar-refractivity contribution in [3.05, 3.63) is 65.2 Å². The minimum Gasteiger partial charge on any atom is -0.457 e. The molecule has 26 heavy (non-hydrogen) atoms. The minimum absolute atomic E-state index is 0.0393. The Morgan fingerprint density at radius 2 is 1.77 bits per heavy atom. The Bertz CT molecular complexity index is 911. The average molecular weight is 372 g/mol. The summed E-state index contributed by atoms with van der Waals surface area (Å²) in [6.45, 7) is 4.27. The fraction of sp³-hybridized carbons (Fsp3) is 0.263. The fourth-order valence-electron chi connectivity index (χ4n) is 2.40. The summed E-state index contributed by atoms with van der Waals surface area (Å²) in [6.07, 6.45) is 0. The number of carbonyl (C=O) groups is 1. The Kier molecular flexibility index (Phi) is 6.50. The van der Waals surface area contributed by atoms with Crippen LogP contribution in [0.1, 0.15) is 35.3 Å². The van der Waals surface area contributed by atoms with Gasteiger partial charge < -0.3 is 4.74 Å². The predicted octanol–water partition coefficient (Wildman–Crippen LogP) is 2.95. The molecular weight excluding hydrogens is 352 g/mol. The molecule has 0 saturated heterocycles. The van der Waals surface area contributed by atoms with Crippen molar-refractivity contribution in [2.45, 2.75) is 25.3 Å². The number of sulfonamides is 1. The molecule has 2 aromatic carbocycles. The molecule has 0 radical (unpaired) electrons. The maximum atomic E-state index is 12.6. The number of hydrogen-bond donors (Lipinski definition) is 0. The van der Waals surface area contributed by atoms with Crippen LogP contribution in [0.3, 0.4) is 0 Å². The largest absolute Gasteiger partial charge is 0.457 e. The average Bonchev–Trinajstić information content (AvgIpc) is 2.67. The summed E-state index contributed by atoms with van der Waals surface area (Å²) in [5.74, 6) is -0.606. The van der Waals surface area contributed by atoms with Crippen molar-refractivity contribution < 1.29 is 17.9 Å². The molecule has 0 spiro atoms. The summed E-state index contributed by atoms with van der Waals surface area (Å²) < 4.78 is 31.7. The van der Waals surface area contributed by atoms with Crippen molar-refractivity contribution in [2.24, 2.45) is 0 Å². The van der Waals surface area contributed by atoms with Crippen LogP contribution in [0.25, 0.3) is 0 Å². The van der Waals surface area contributed by atoms with Crippen molar-refractivity contribution in [1.29, 1.82) is 5.26 Å². The first kappa shape index (κ1) is 19.6. The number of esters is 1. The third-order valence-corrected chi connectivity index (χ3v) is 5.91. The molecule has 0 aliphatic carbocycles. The van der Waals surface area contributed by atoms with E-state index in [1.165, 1.54) is 28.6 Å². The number of rotatable bonds is 7. The van der Waals surface area contributed by atoms with E-state index in [0.29, 0.717) is 18.7 Å². The lowest BCUT2D eigenvalue weighted by atomic mass is 10.1. The zero-order valence-electron chi connectivity index (χ0n) is 14.7. The van der Waals surface area contributed by atoms with E-state index >= 15 is 0 Å². The van der Waals surface area contributed by atoms with E-state index in [2.05, 4.69) is 0 Å². The molecule has 0 aromatic heterocycles. The van der Waals surface area contributed by atoms with Crippen molar-refractivity contribution in [3.63, 3.8) is 0 Å². The standard InChI is InChI=1S/C19H20N2O4S/c1-3-21(4-2)26(23,24)18-7-5-6-17(12-18)19(22)25-14-16-10-8-15(13-20)9-11-16/h5-12H,3-4,14H2,1-2H3. The predicted molar refractivity (Wildman–Crippen MR) is 96.8 cm³/mol. The molecule has 0 aliphatic rings. The van der Waals surface area contributed by atoms with Crippen LogP contribution in [-0.4, -0.2) is 31.8 Å². The highest BCUT2D eigenvalue weighted by atomic mass is 32.2. The normalized spacial score (nSPS) is 11.2. The van der Waals surface area contributed by atoms with Crippen LogP contribution < -0.4 is 0 Å². The lowest BCUT2D eigenvalue weighted by Gasteiger charge is -2.18. The molecule has 0 atom stereocenters. The lowest BCUT2D eigenvalue weighted by molar-refractivity contribution is 0.0472. The second-order valence-electron chi connectivity index (χ2n) is 5.50. The first-order valence-electron chi connectivity index (χ1n) is 8.18. The van der Waals surface area contributed by atoms with Crippen molar-refractivity contribution in [3.8, 4) is 6.07 Å². The van der Waals surface area contributed by atoms with Crippen LogP contribution >= 0.6 is 0 Å². The fourth-order valence-corrected chi connectivity index (χ4v) is 3.91. The Labute approximate surface area is 153 Å². The first-order chi connectivity index (χ1) is 12.4. The molecule has 0 unspecified atom stereocenters. The van der Waals surface area contributed by atoms with Gasteiger partial charge in [0.2, 0.25) is 10.0 Å². The minimum atomic E-state index is -3.64. The molecule has 0 bridgehead atoms. The van der Waals surface area contributed by atoms with Gasteiger partial charge in [0.15, 0.2) is 0 Å². The number of ether oxygens (including phenoxy) is 1. The van der Waals surface area contributed by atoms with Gasteiger partial charge in [0.05, 0.1) is 22.1 Å². The monoisotopic (exact) mass is 372 g/mol. The van der Waals surface area contributed by atoms with E-state index in [4.69, 9.17) is 10.00 Å². The molecule has 7 heteroatoms. The molecular formula is C19H20N2O4S. The molecule has 0 heterocycles. The van der Waals surface area contributed by atoms with Gasteiger partial charge in [0.1, 0.15) is 6.61 Å². The SMILES string of the molecule is CCN(CC)S(=O)(=O)c1cccc(C(=O)OCc2ccc(C#N)cc2)c1. The highest BCUT2D eigenvalue weighted by Gasteiger charge is 2.22. The van der Waals surface area contributed by atoms with Gasteiger partial charge in [-0.15, -0.1) is 0 Å². The Morgan fingerprint density at radius 3 is 2.35 bits per heavy atom. The molecule has 0 saturated carbocycles. The molecule has 2 rings (SSSR count). The van der Waals surface area contributed by atoms with Crippen LogP contribution in [0.4, 0.5) is 0 Å². The van der Waals surface area contributed by atoms with E-state index in [1.807, 2.05) is 6.07 Å². The number of hydrogen-bond acceptors (Lipinski definition) is 5. The van der Waals surface area contributed by atoms with Crippen LogP contribution in [-0.2, 0) is 21.4 Å². The molecule has 0 aliphatic heterocycles. The van der Waals surface area contributed by atoms with E-state index in [0.717, 1.165) is 5.56 Å². The van der Waals surface area contributed by atoms with Gasteiger partial charge in [0, 0.05) is 13.1 Å². The van der Waals surface area contributed by atoms with Gasteiger partial charge in [-0.2, -0.15) is 9.57 Å². The highest BCUT2D eigenvalue weighted by molar-refractivity contribution is 7.89. The van der Waals surface area contributed by atoms with Crippen LogP contribution in [0.15, 0.2) is 53.4 Å². The van der Waals surface area contributed by atoms with E-state index in [9.17, 15) is 13.2 Å². The quantitative estimate of drug-likeness (QED) is 0.697. The molecule has 6 nitrogen and oxygen atoms in total. The van der Waals surface area contributed by atoms with Crippen LogP contribution in [0.2, 0.25) is 0 Å². The number of benzene rings is 2. The summed E-state index contributed by atoms with van der Waals surface area (Å²) in [5.41, 5.74) is 1.44. The van der Waals surface area contributed by atoms with Gasteiger partial charge in [-0.05, 0) is 35.9 Å². The Morgan fingerprint density at radius 1 is 1.12 bits per heavy atom. The number of carbonyl (C=O) groups excluding carboxylic acids is 1. The summed E-state index contributed by atoms with van der Waals surface area (Å²) in [5, 5.41) is 8.77. The summed E-state index contributed by atoms with van der Waals surface area (Å²) in [7, 11) is -3.64. The lowest BCUT2D eigenvalue weighted by Crippen LogP contribution is -2.30. The highest BCUT2D eigenvalue weighted by Crippen LogP contribution is 2.18. The topological polar surface area (TPSA) is 87.5 Å². The molecule has 0 N–H and O–H groups in total. The summed E-state index contributed by atoms with van der Waals surface area (Å²) in [6, 6.07) is 14.5. The number of nitriles is 1. The van der Waals surface area contributed by atoms with Crippen LogP contribution in [0.5, 0.6) is 0 Å². The van der Waals surface area contributed by atoms with E-state index in [-0.39, 0.29) is 17.1 Å². The number of nitrogens with zero attached hydrogens (tertiary/aromatic N) is 2.